The van der Waals surface area contributed by atoms with Gasteiger partial charge in [-0.25, -0.2) is 9.78 Å². The molecule has 2 heterocycles. The number of pyridine rings is 1. The average Bonchev–Trinajstić information content (AvgIpc) is 3.44. The predicted molar refractivity (Wildman–Crippen MR) is 210 cm³/mol. The molecule has 0 amide bonds. The SMILES string of the molecule is CNc1ccc(-c2cnn(CC34CC5(C)CC(C)(C3)CC(OCCO[Si](c3ccccc3)(c3ccccc3)C(C)(C)C)(C5)C4)c2C)c(C(=O)OC)n1. The zero-order valence-corrected chi connectivity index (χ0v) is 33.3. The summed E-state index contributed by atoms with van der Waals surface area (Å²) in [6.07, 6.45) is 8.65. The number of aromatic nitrogens is 3. The molecular weight excluding hydrogens is 665 g/mol. The third kappa shape index (κ3) is 6.43. The molecule has 8 nitrogen and oxygen atoms in total. The number of ether oxygens (including phenoxy) is 2. The third-order valence-corrected chi connectivity index (χ3v) is 17.3. The van der Waals surface area contributed by atoms with Crippen LogP contribution in [0, 0.1) is 23.2 Å². The smallest absolute Gasteiger partial charge is 0.357 e. The largest absolute Gasteiger partial charge is 0.464 e. The van der Waals surface area contributed by atoms with Crippen molar-refractivity contribution in [2.24, 2.45) is 16.2 Å². The van der Waals surface area contributed by atoms with Gasteiger partial charge in [0.15, 0.2) is 5.69 Å². The van der Waals surface area contributed by atoms with Gasteiger partial charge in [-0.3, -0.25) is 4.68 Å². The number of hydrogen-bond acceptors (Lipinski definition) is 7. The standard InChI is InChI=1S/C43H56N4O4Si/c1-31-35(34-19-20-36(44-7)46-37(34)38(48)49-8)23-45-47(31)30-42-25-40(5)24-41(6,26-42)28-43(27-40,29-42)50-21-22-51-52(39(2,3)4,32-15-11-9-12-16-32)33-17-13-10-14-18-33/h9-20,23H,21-22,24-30H2,1-8H3,(H,44,46). The molecule has 0 radical (unpaired) electrons. The summed E-state index contributed by atoms with van der Waals surface area (Å²) in [6.45, 7) is 16.0. The average molecular weight is 721 g/mol. The van der Waals surface area contributed by atoms with Crippen LogP contribution < -0.4 is 15.7 Å². The molecule has 0 spiro atoms. The number of esters is 1. The predicted octanol–water partition coefficient (Wildman–Crippen LogP) is 7.79. The number of methoxy groups -OCH3 is 1. The summed E-state index contributed by atoms with van der Waals surface area (Å²) in [6, 6.07) is 25.6. The van der Waals surface area contributed by atoms with Crippen LogP contribution in [0.1, 0.15) is 89.3 Å². The molecule has 276 valence electrons. The summed E-state index contributed by atoms with van der Waals surface area (Å²) in [4.78, 5) is 17.3. The van der Waals surface area contributed by atoms with E-state index < -0.39 is 14.3 Å². The summed E-state index contributed by atoms with van der Waals surface area (Å²) in [5, 5.41) is 10.5. The van der Waals surface area contributed by atoms with Crippen molar-refractivity contribution in [2.45, 2.75) is 97.3 Å². The molecule has 0 saturated heterocycles. The Labute approximate surface area is 310 Å². The Kier molecular flexibility index (Phi) is 9.32. The van der Waals surface area contributed by atoms with Gasteiger partial charge in [-0.1, -0.05) is 95.3 Å². The molecule has 8 rings (SSSR count). The fourth-order valence-corrected chi connectivity index (χ4v) is 16.2. The van der Waals surface area contributed by atoms with E-state index in [-0.39, 0.29) is 26.9 Å². The summed E-state index contributed by atoms with van der Waals surface area (Å²) in [7, 11) is 0.533. The van der Waals surface area contributed by atoms with E-state index in [9.17, 15) is 4.79 Å². The maximum Gasteiger partial charge on any atom is 0.357 e. The number of carbonyl (C=O) groups is 1. The first-order valence-corrected chi connectivity index (χ1v) is 20.8. The van der Waals surface area contributed by atoms with Crippen molar-refractivity contribution >= 4 is 30.5 Å². The molecule has 0 aliphatic heterocycles. The van der Waals surface area contributed by atoms with Crippen molar-refractivity contribution < 1.29 is 18.7 Å². The van der Waals surface area contributed by atoms with Gasteiger partial charge in [0, 0.05) is 30.4 Å². The van der Waals surface area contributed by atoms with Crippen LogP contribution in [0.5, 0.6) is 0 Å². The molecular formula is C43H56N4O4Si. The van der Waals surface area contributed by atoms with Gasteiger partial charge >= 0.3 is 5.97 Å². The van der Waals surface area contributed by atoms with Gasteiger partial charge in [0.05, 0.1) is 32.1 Å². The van der Waals surface area contributed by atoms with Gasteiger partial charge in [0.25, 0.3) is 8.32 Å². The summed E-state index contributed by atoms with van der Waals surface area (Å²) >= 11 is 0. The highest BCUT2D eigenvalue weighted by atomic mass is 28.4. The molecule has 2 atom stereocenters. The number of benzene rings is 2. The van der Waals surface area contributed by atoms with Crippen molar-refractivity contribution in [2.75, 3.05) is 32.7 Å². The Morgan fingerprint density at radius 1 is 0.846 bits per heavy atom. The van der Waals surface area contributed by atoms with Crippen molar-refractivity contribution in [3.63, 3.8) is 0 Å². The first kappa shape index (κ1) is 36.6. The van der Waals surface area contributed by atoms with Gasteiger partial charge in [0.2, 0.25) is 0 Å². The summed E-state index contributed by atoms with van der Waals surface area (Å²) in [5.41, 5.74) is 3.24. The van der Waals surface area contributed by atoms with Gasteiger partial charge in [0.1, 0.15) is 5.82 Å². The molecule has 4 bridgehead atoms. The Morgan fingerprint density at radius 2 is 1.46 bits per heavy atom. The fraction of sp³-hybridized carbons (Fsp3) is 0.512. The van der Waals surface area contributed by atoms with Crippen LogP contribution in [0.2, 0.25) is 5.04 Å². The van der Waals surface area contributed by atoms with Crippen LogP contribution in [-0.4, -0.2) is 62.0 Å². The van der Waals surface area contributed by atoms with Crippen LogP contribution in [0.25, 0.3) is 11.1 Å². The Balaban J connectivity index is 1.14. The van der Waals surface area contributed by atoms with E-state index in [0.717, 1.165) is 42.6 Å². The first-order chi connectivity index (χ1) is 24.7. The second-order valence-corrected chi connectivity index (χ2v) is 22.2. The second kappa shape index (κ2) is 13.3. The zero-order chi connectivity index (χ0) is 37.0. The van der Waals surface area contributed by atoms with Gasteiger partial charge in [-0.2, -0.15) is 5.10 Å². The van der Waals surface area contributed by atoms with E-state index in [2.05, 4.69) is 117 Å². The van der Waals surface area contributed by atoms with Crippen molar-refractivity contribution in [1.29, 1.82) is 0 Å². The highest BCUT2D eigenvalue weighted by molar-refractivity contribution is 6.99. The molecule has 9 heteroatoms. The van der Waals surface area contributed by atoms with E-state index in [0.29, 0.717) is 24.7 Å². The summed E-state index contributed by atoms with van der Waals surface area (Å²) in [5.74, 6) is 0.158. The minimum absolute atomic E-state index is 0.0601. The van der Waals surface area contributed by atoms with E-state index in [1.54, 1.807) is 7.05 Å². The van der Waals surface area contributed by atoms with E-state index in [1.165, 1.54) is 36.7 Å². The number of nitrogens with zero attached hydrogens (tertiary/aromatic N) is 3. The number of rotatable bonds is 12. The number of carbonyl (C=O) groups excluding carboxylic acids is 1. The van der Waals surface area contributed by atoms with E-state index >= 15 is 0 Å². The minimum atomic E-state index is -2.65. The zero-order valence-electron chi connectivity index (χ0n) is 32.3. The van der Waals surface area contributed by atoms with Crippen LogP contribution in [0.15, 0.2) is 79.0 Å². The first-order valence-electron chi connectivity index (χ1n) is 18.9. The second-order valence-electron chi connectivity index (χ2n) is 17.9. The quantitative estimate of drug-likeness (QED) is 0.0909. The van der Waals surface area contributed by atoms with Crippen LogP contribution in [0.4, 0.5) is 5.82 Å². The van der Waals surface area contributed by atoms with Gasteiger partial charge in [-0.05, 0) is 89.2 Å². The molecule has 4 fully saturated rings. The van der Waals surface area contributed by atoms with Crippen LogP contribution in [0.3, 0.4) is 0 Å². The minimum Gasteiger partial charge on any atom is -0.464 e. The fourth-order valence-electron chi connectivity index (χ4n) is 11.6. The number of nitrogens with one attached hydrogen (secondary N) is 1. The Hall–Kier alpha value is -3.79. The lowest BCUT2D eigenvalue weighted by Gasteiger charge is -2.69. The van der Waals surface area contributed by atoms with E-state index in [1.807, 2.05) is 18.3 Å². The molecule has 4 aliphatic carbocycles. The van der Waals surface area contributed by atoms with Crippen molar-refractivity contribution in [3.05, 3.63) is 90.4 Å². The molecule has 2 aromatic heterocycles. The van der Waals surface area contributed by atoms with Gasteiger partial charge in [-0.15, -0.1) is 0 Å². The lowest BCUT2D eigenvalue weighted by molar-refractivity contribution is -0.249. The highest BCUT2D eigenvalue weighted by Gasteiger charge is 2.66. The molecule has 4 aromatic rings. The molecule has 4 saturated carbocycles. The number of hydrogen-bond donors (Lipinski definition) is 1. The molecule has 1 N–H and O–H groups in total. The number of anilines is 1. The van der Waals surface area contributed by atoms with Crippen molar-refractivity contribution in [3.8, 4) is 11.1 Å². The van der Waals surface area contributed by atoms with Gasteiger partial charge < -0.3 is 19.2 Å². The van der Waals surface area contributed by atoms with Crippen molar-refractivity contribution in [1.82, 2.24) is 14.8 Å². The molecule has 4 aliphatic rings. The van der Waals surface area contributed by atoms with Crippen LogP contribution >= 0.6 is 0 Å². The maximum absolute atomic E-state index is 12.8. The Bertz CT molecular complexity index is 1860. The maximum atomic E-state index is 12.8. The van der Waals surface area contributed by atoms with Crippen LogP contribution in [-0.2, 0) is 20.4 Å². The third-order valence-electron chi connectivity index (χ3n) is 12.3. The lowest BCUT2D eigenvalue weighted by Crippen LogP contribution is -2.67. The monoisotopic (exact) mass is 720 g/mol. The Morgan fingerprint density at radius 3 is 2.02 bits per heavy atom. The normalized spacial score (nSPS) is 26.8. The molecule has 2 aromatic carbocycles. The van der Waals surface area contributed by atoms with E-state index in [4.69, 9.17) is 19.0 Å². The molecule has 2 unspecified atom stereocenters. The lowest BCUT2D eigenvalue weighted by atomic mass is 9.39. The molecule has 52 heavy (non-hydrogen) atoms. The topological polar surface area (TPSA) is 87.5 Å². The highest BCUT2D eigenvalue weighted by Crippen LogP contribution is 2.72. The summed E-state index contributed by atoms with van der Waals surface area (Å²) < 4.78 is 21.7.